The lowest BCUT2D eigenvalue weighted by atomic mass is 10.0. The average Bonchev–Trinajstić information content (AvgIpc) is 3.01. The summed E-state index contributed by atoms with van der Waals surface area (Å²) in [4.78, 5) is 8.61. The monoisotopic (exact) mass is 361 g/mol. The Kier molecular flexibility index (Phi) is 4.39. The lowest BCUT2D eigenvalue weighted by molar-refractivity contribution is 0.341. The molecule has 0 aliphatic rings. The molecular weight excluding hydrogens is 338 g/mol. The van der Waals surface area contributed by atoms with Gasteiger partial charge >= 0.3 is 0 Å². The second-order valence-electron chi connectivity index (χ2n) is 7.04. The number of nitrogens with zero attached hydrogens (tertiary/aromatic N) is 4. The van der Waals surface area contributed by atoms with Gasteiger partial charge in [0.05, 0.1) is 12.0 Å². The molecule has 0 radical (unpaired) electrons. The smallest absolute Gasteiger partial charge is 0.163 e. The minimum absolute atomic E-state index is 0.450. The minimum Gasteiger partial charge on any atom is -0.494 e. The molecule has 4 rings (SSSR count). The van der Waals surface area contributed by atoms with Crippen LogP contribution in [0.25, 0.3) is 33.1 Å². The van der Waals surface area contributed by atoms with Gasteiger partial charge in [0.1, 0.15) is 23.6 Å². The molecule has 2 heterocycles. The third kappa shape index (κ3) is 3.18. The molecule has 6 heteroatoms. The fourth-order valence-electron chi connectivity index (χ4n) is 3.33. The van der Waals surface area contributed by atoms with E-state index in [1.165, 1.54) is 6.33 Å². The Balaban J connectivity index is 1.87. The summed E-state index contributed by atoms with van der Waals surface area (Å²) in [7, 11) is 0. The highest BCUT2D eigenvalue weighted by Crippen LogP contribution is 2.33. The summed E-state index contributed by atoms with van der Waals surface area (Å²) >= 11 is 0. The number of rotatable bonds is 5. The molecule has 0 fully saturated rings. The zero-order valence-corrected chi connectivity index (χ0v) is 15.8. The number of nitrogen functional groups attached to an aromatic ring is 1. The molecule has 0 aliphatic carbocycles. The molecule has 138 valence electrons. The Hall–Kier alpha value is -3.15. The van der Waals surface area contributed by atoms with E-state index < -0.39 is 0 Å². The third-order valence-electron chi connectivity index (χ3n) is 4.49. The molecule has 0 unspecified atom stereocenters. The predicted molar refractivity (Wildman–Crippen MR) is 109 cm³/mol. The number of hydrogen-bond donors (Lipinski definition) is 1. The van der Waals surface area contributed by atoms with Gasteiger partial charge in [0, 0.05) is 12.1 Å². The molecule has 0 saturated heterocycles. The Morgan fingerprint density at radius 2 is 1.85 bits per heavy atom. The van der Waals surface area contributed by atoms with Crippen molar-refractivity contribution in [3.8, 4) is 17.0 Å². The topological polar surface area (TPSA) is 78.8 Å². The maximum atomic E-state index is 6.18. The van der Waals surface area contributed by atoms with E-state index in [1.54, 1.807) is 0 Å². The summed E-state index contributed by atoms with van der Waals surface area (Å²) in [6, 6.07) is 12.4. The summed E-state index contributed by atoms with van der Waals surface area (Å²) < 4.78 is 7.52. The first kappa shape index (κ1) is 17.3. The van der Waals surface area contributed by atoms with Crippen molar-refractivity contribution in [2.75, 3.05) is 12.3 Å². The second kappa shape index (κ2) is 6.87. The van der Waals surface area contributed by atoms with Crippen LogP contribution in [-0.2, 0) is 6.54 Å². The molecule has 4 aromatic rings. The lowest BCUT2D eigenvalue weighted by Crippen LogP contribution is -2.07. The highest BCUT2D eigenvalue weighted by Gasteiger charge is 2.17. The van der Waals surface area contributed by atoms with Gasteiger partial charge in [0.2, 0.25) is 0 Å². The predicted octanol–water partition coefficient (Wildman–Crippen LogP) is 4.28. The van der Waals surface area contributed by atoms with Crippen LogP contribution in [-0.4, -0.2) is 26.4 Å². The van der Waals surface area contributed by atoms with Crippen LogP contribution in [0.5, 0.6) is 5.75 Å². The molecule has 0 amide bonds. The molecule has 0 atom stereocenters. The van der Waals surface area contributed by atoms with Crippen molar-refractivity contribution in [1.82, 2.24) is 19.7 Å². The zero-order chi connectivity index (χ0) is 19.0. The van der Waals surface area contributed by atoms with Gasteiger partial charge in [0.15, 0.2) is 5.65 Å². The van der Waals surface area contributed by atoms with E-state index in [9.17, 15) is 0 Å². The van der Waals surface area contributed by atoms with Crippen molar-refractivity contribution in [2.24, 2.45) is 5.92 Å². The standard InChI is InChI=1S/C21H23N5O/c1-4-27-17-8-7-14-9-16(6-5-15(14)10-17)19-18-20(22)23-12-24-21(18)26(25-19)11-13(2)3/h5-10,12-13H,4,11H2,1-3H3,(H2,22,23,24). The molecule has 2 aromatic heterocycles. The molecule has 6 nitrogen and oxygen atoms in total. The Morgan fingerprint density at radius 3 is 2.63 bits per heavy atom. The van der Waals surface area contributed by atoms with Crippen molar-refractivity contribution in [3.05, 3.63) is 42.7 Å². The van der Waals surface area contributed by atoms with E-state index in [2.05, 4.69) is 54.1 Å². The zero-order valence-electron chi connectivity index (χ0n) is 15.8. The van der Waals surface area contributed by atoms with Gasteiger partial charge in [-0.15, -0.1) is 0 Å². The van der Waals surface area contributed by atoms with Gasteiger partial charge in [-0.2, -0.15) is 5.10 Å². The van der Waals surface area contributed by atoms with E-state index in [0.717, 1.165) is 45.4 Å². The first-order valence-electron chi connectivity index (χ1n) is 9.20. The molecule has 0 spiro atoms. The first-order chi connectivity index (χ1) is 13.1. The second-order valence-corrected chi connectivity index (χ2v) is 7.04. The number of aromatic nitrogens is 4. The summed E-state index contributed by atoms with van der Waals surface area (Å²) in [5.74, 6) is 1.78. The van der Waals surface area contributed by atoms with E-state index in [1.807, 2.05) is 17.7 Å². The summed E-state index contributed by atoms with van der Waals surface area (Å²) in [5, 5.41) is 7.88. The number of ether oxygens (including phenoxy) is 1. The molecule has 0 aliphatic heterocycles. The third-order valence-corrected chi connectivity index (χ3v) is 4.49. The van der Waals surface area contributed by atoms with Crippen LogP contribution in [0.1, 0.15) is 20.8 Å². The van der Waals surface area contributed by atoms with Crippen molar-refractivity contribution in [3.63, 3.8) is 0 Å². The van der Waals surface area contributed by atoms with E-state index in [-0.39, 0.29) is 0 Å². The van der Waals surface area contributed by atoms with Crippen LogP contribution in [0.2, 0.25) is 0 Å². The molecule has 0 saturated carbocycles. The normalized spacial score (nSPS) is 11.6. The van der Waals surface area contributed by atoms with Crippen LogP contribution in [0, 0.1) is 5.92 Å². The number of hydrogen-bond acceptors (Lipinski definition) is 5. The van der Waals surface area contributed by atoms with Gasteiger partial charge in [0.25, 0.3) is 0 Å². The number of benzene rings is 2. The molecule has 2 aromatic carbocycles. The van der Waals surface area contributed by atoms with E-state index in [0.29, 0.717) is 18.3 Å². The molecule has 2 N–H and O–H groups in total. The fourth-order valence-corrected chi connectivity index (χ4v) is 3.33. The first-order valence-corrected chi connectivity index (χ1v) is 9.20. The van der Waals surface area contributed by atoms with Crippen molar-refractivity contribution >= 4 is 27.6 Å². The van der Waals surface area contributed by atoms with E-state index >= 15 is 0 Å². The summed E-state index contributed by atoms with van der Waals surface area (Å²) in [6.45, 7) is 7.73. The SMILES string of the molecule is CCOc1ccc2cc(-c3nn(CC(C)C)c4ncnc(N)c34)ccc2c1. The maximum Gasteiger partial charge on any atom is 0.163 e. The van der Waals surface area contributed by atoms with Crippen LogP contribution in [0.3, 0.4) is 0 Å². The van der Waals surface area contributed by atoms with Crippen LogP contribution in [0.4, 0.5) is 5.82 Å². The average molecular weight is 361 g/mol. The Labute approximate surface area is 158 Å². The Bertz CT molecular complexity index is 1120. The van der Waals surface area contributed by atoms with Crippen LogP contribution in [0.15, 0.2) is 42.7 Å². The van der Waals surface area contributed by atoms with Gasteiger partial charge in [-0.1, -0.05) is 32.0 Å². The number of nitrogens with two attached hydrogens (primary N) is 1. The summed E-state index contributed by atoms with van der Waals surface area (Å²) in [5.41, 5.74) is 8.78. The Morgan fingerprint density at radius 1 is 1.07 bits per heavy atom. The molecular formula is C21H23N5O. The van der Waals surface area contributed by atoms with Gasteiger partial charge in [-0.05, 0) is 41.8 Å². The van der Waals surface area contributed by atoms with Crippen molar-refractivity contribution in [1.29, 1.82) is 0 Å². The lowest BCUT2D eigenvalue weighted by Gasteiger charge is -2.06. The van der Waals surface area contributed by atoms with Crippen LogP contribution < -0.4 is 10.5 Å². The van der Waals surface area contributed by atoms with Gasteiger partial charge in [-0.25, -0.2) is 14.6 Å². The van der Waals surface area contributed by atoms with Gasteiger partial charge in [-0.3, -0.25) is 0 Å². The van der Waals surface area contributed by atoms with Gasteiger partial charge < -0.3 is 10.5 Å². The van der Waals surface area contributed by atoms with Crippen LogP contribution >= 0.6 is 0 Å². The highest BCUT2D eigenvalue weighted by molar-refractivity contribution is 6.00. The fraction of sp³-hybridized carbons (Fsp3) is 0.286. The van der Waals surface area contributed by atoms with Crippen molar-refractivity contribution < 1.29 is 4.74 Å². The minimum atomic E-state index is 0.450. The van der Waals surface area contributed by atoms with E-state index in [4.69, 9.17) is 15.6 Å². The van der Waals surface area contributed by atoms with Crippen molar-refractivity contribution in [2.45, 2.75) is 27.3 Å². The molecule has 27 heavy (non-hydrogen) atoms. The maximum absolute atomic E-state index is 6.18. The number of fused-ring (bicyclic) bond motifs is 2. The summed E-state index contributed by atoms with van der Waals surface area (Å²) in [6.07, 6.45) is 1.50. The quantitative estimate of drug-likeness (QED) is 0.574. The highest BCUT2D eigenvalue weighted by atomic mass is 16.5. The molecule has 0 bridgehead atoms. The largest absolute Gasteiger partial charge is 0.494 e. The number of anilines is 1.